The summed E-state index contributed by atoms with van der Waals surface area (Å²) < 4.78 is 35.5. The van der Waals surface area contributed by atoms with Crippen molar-refractivity contribution in [1.29, 1.82) is 0 Å². The van der Waals surface area contributed by atoms with Crippen molar-refractivity contribution in [3.8, 4) is 5.75 Å². The van der Waals surface area contributed by atoms with Crippen LogP contribution < -0.4 is 14.4 Å². The second-order valence-electron chi connectivity index (χ2n) is 12.9. The third-order valence-corrected chi connectivity index (χ3v) is 11.9. The van der Waals surface area contributed by atoms with Gasteiger partial charge in [0.05, 0.1) is 32.7 Å². The summed E-state index contributed by atoms with van der Waals surface area (Å²) in [6.07, 6.45) is 4.71. The van der Waals surface area contributed by atoms with Crippen LogP contribution in [0, 0.1) is 17.0 Å². The van der Waals surface area contributed by atoms with Gasteiger partial charge in [-0.3, -0.25) is 24.0 Å². The van der Waals surface area contributed by atoms with Gasteiger partial charge in [-0.15, -0.1) is 0 Å². The lowest BCUT2D eigenvalue weighted by Gasteiger charge is -2.35. The molecular weight excluding hydrogens is 763 g/mol. The first-order valence-corrected chi connectivity index (χ1v) is 19.5. The third-order valence-electron chi connectivity index (χ3n) is 9.21. The van der Waals surface area contributed by atoms with E-state index in [-0.39, 0.29) is 46.1 Å². The number of anilines is 1. The molecule has 0 radical (unpaired) electrons. The van der Waals surface area contributed by atoms with E-state index < -0.39 is 49.9 Å². The summed E-state index contributed by atoms with van der Waals surface area (Å²) in [4.78, 5) is 41.3. The maximum atomic E-state index is 14.9. The normalized spacial score (nSPS) is 13.9. The third kappa shape index (κ3) is 9.80. The Hall–Kier alpha value is -4.36. The quantitative estimate of drug-likeness (QED) is 0.100. The number of hydrogen-bond donors (Lipinski definition) is 1. The van der Waals surface area contributed by atoms with Crippen LogP contribution in [0.2, 0.25) is 15.1 Å². The Bertz CT molecular complexity index is 2080. The predicted molar refractivity (Wildman–Crippen MR) is 206 cm³/mol. The number of sulfonamides is 1. The van der Waals surface area contributed by atoms with Crippen molar-refractivity contribution in [2.45, 2.75) is 69.0 Å². The van der Waals surface area contributed by atoms with Crippen molar-refractivity contribution < 1.29 is 27.7 Å². The molecule has 0 bridgehead atoms. The molecule has 2 amide bonds. The molecule has 1 aliphatic carbocycles. The van der Waals surface area contributed by atoms with Crippen LogP contribution in [0.4, 0.5) is 11.4 Å². The molecule has 0 aromatic heterocycles. The number of rotatable bonds is 14. The van der Waals surface area contributed by atoms with Gasteiger partial charge in [0, 0.05) is 35.7 Å². The predicted octanol–water partition coefficient (Wildman–Crippen LogP) is 8.16. The molecule has 1 aliphatic rings. The molecule has 15 heteroatoms. The summed E-state index contributed by atoms with van der Waals surface area (Å²) in [5.41, 5.74) is 1.06. The van der Waals surface area contributed by atoms with Crippen molar-refractivity contribution in [3.63, 3.8) is 0 Å². The number of nitrogens with zero attached hydrogens (tertiary/aromatic N) is 3. The number of amides is 2. The molecule has 0 heterocycles. The van der Waals surface area contributed by atoms with Crippen molar-refractivity contribution in [1.82, 2.24) is 10.2 Å². The highest BCUT2D eigenvalue weighted by atomic mass is 35.5. The Kier molecular flexibility index (Phi) is 13.3. The zero-order chi connectivity index (χ0) is 38.3. The van der Waals surface area contributed by atoms with E-state index in [1.807, 2.05) is 30.3 Å². The van der Waals surface area contributed by atoms with E-state index in [2.05, 4.69) is 5.32 Å². The van der Waals surface area contributed by atoms with Crippen molar-refractivity contribution in [2.24, 2.45) is 0 Å². The number of ether oxygens (including phenoxy) is 1. The van der Waals surface area contributed by atoms with Crippen LogP contribution in [-0.2, 0) is 32.6 Å². The highest BCUT2D eigenvalue weighted by Gasteiger charge is 2.37. The molecule has 0 spiro atoms. The summed E-state index contributed by atoms with van der Waals surface area (Å²) in [5, 5.41) is 15.7. The van der Waals surface area contributed by atoms with Gasteiger partial charge in [0.15, 0.2) is 0 Å². The van der Waals surface area contributed by atoms with Gasteiger partial charge in [0.2, 0.25) is 11.8 Å². The number of hydrogen-bond acceptors (Lipinski definition) is 7. The number of nitro groups is 1. The van der Waals surface area contributed by atoms with Gasteiger partial charge < -0.3 is 15.0 Å². The van der Waals surface area contributed by atoms with E-state index in [9.17, 15) is 28.1 Å². The number of benzene rings is 4. The number of methoxy groups -OCH3 is 1. The molecule has 1 atom stereocenters. The average molecular weight is 802 g/mol. The standard InChI is InChI=1S/C38H39Cl3N4O7S/c1-25-13-16-30(22-33(25)45(48)49)53(50,51)44(34-21-28(39)15-18-36(34)52-2)24-37(46)43(23-27-14-17-31(40)32(41)19-27)35(20-26-9-5-3-6-10-26)38(47)42-29-11-7-4-8-12-29/h3,5-6,9-10,13-19,21-22,29,35H,4,7-8,11-12,20,23-24H2,1-2H3,(H,42,47)/t35-/m1/s1. The van der Waals surface area contributed by atoms with Crippen LogP contribution in [0.15, 0.2) is 89.8 Å². The molecule has 4 aromatic carbocycles. The second-order valence-corrected chi connectivity index (χ2v) is 16.0. The highest BCUT2D eigenvalue weighted by molar-refractivity contribution is 7.92. The minimum Gasteiger partial charge on any atom is -0.495 e. The fourth-order valence-corrected chi connectivity index (χ4v) is 8.30. The number of aryl methyl sites for hydroxylation is 1. The summed E-state index contributed by atoms with van der Waals surface area (Å²) in [5.74, 6) is -1.07. The number of carbonyl (C=O) groups is 2. The van der Waals surface area contributed by atoms with Gasteiger partial charge in [-0.05, 0) is 67.3 Å². The Balaban J connectivity index is 1.64. The molecule has 0 saturated heterocycles. The van der Waals surface area contributed by atoms with Gasteiger partial charge in [0.25, 0.3) is 15.7 Å². The molecule has 1 saturated carbocycles. The van der Waals surface area contributed by atoms with E-state index in [1.54, 1.807) is 18.2 Å². The Morgan fingerprint density at radius 2 is 1.64 bits per heavy atom. The first-order valence-electron chi connectivity index (χ1n) is 17.0. The summed E-state index contributed by atoms with van der Waals surface area (Å²) in [7, 11) is -3.38. The zero-order valence-corrected chi connectivity index (χ0v) is 32.2. The lowest BCUT2D eigenvalue weighted by Crippen LogP contribution is -2.55. The first kappa shape index (κ1) is 39.8. The molecule has 4 aromatic rings. The minimum absolute atomic E-state index is 0.0688. The average Bonchev–Trinajstić information content (AvgIpc) is 3.14. The molecule has 1 fully saturated rings. The Labute approximate surface area is 324 Å². The van der Waals surface area contributed by atoms with Gasteiger partial charge in [-0.2, -0.15) is 0 Å². The highest BCUT2D eigenvalue weighted by Crippen LogP contribution is 2.36. The SMILES string of the molecule is COc1ccc(Cl)cc1N(CC(=O)N(Cc1ccc(Cl)c(Cl)c1)[C@H](Cc1ccccc1)C(=O)NC1CCCCC1)S(=O)(=O)c1ccc(C)c([N+](=O)[O-])c1. The second kappa shape index (κ2) is 17.6. The minimum atomic E-state index is -4.71. The van der Waals surface area contributed by atoms with Gasteiger partial charge >= 0.3 is 0 Å². The topological polar surface area (TPSA) is 139 Å². The molecule has 1 N–H and O–H groups in total. The summed E-state index contributed by atoms with van der Waals surface area (Å²) in [6, 6.07) is 20.6. The molecule has 11 nitrogen and oxygen atoms in total. The molecule has 0 unspecified atom stereocenters. The number of nitro benzene ring substituents is 1. The van der Waals surface area contributed by atoms with Crippen LogP contribution in [0.3, 0.4) is 0 Å². The number of halogens is 3. The van der Waals surface area contributed by atoms with Crippen molar-refractivity contribution in [3.05, 3.63) is 127 Å². The monoisotopic (exact) mass is 800 g/mol. The van der Waals surface area contributed by atoms with E-state index in [0.717, 1.165) is 48.0 Å². The largest absolute Gasteiger partial charge is 0.495 e. The van der Waals surface area contributed by atoms with Crippen molar-refractivity contribution >= 4 is 68.0 Å². The van der Waals surface area contributed by atoms with E-state index in [1.165, 1.54) is 49.3 Å². The smallest absolute Gasteiger partial charge is 0.273 e. The lowest BCUT2D eigenvalue weighted by molar-refractivity contribution is -0.385. The van der Waals surface area contributed by atoms with E-state index in [0.29, 0.717) is 10.6 Å². The fourth-order valence-electron chi connectivity index (χ4n) is 6.38. The number of nitrogens with one attached hydrogen (secondary N) is 1. The van der Waals surface area contributed by atoms with Crippen LogP contribution in [-0.4, -0.2) is 55.8 Å². The van der Waals surface area contributed by atoms with Gasteiger partial charge in [-0.25, -0.2) is 8.42 Å². The molecule has 0 aliphatic heterocycles. The van der Waals surface area contributed by atoms with Crippen LogP contribution in [0.1, 0.15) is 48.8 Å². The molecular formula is C38H39Cl3N4O7S. The summed E-state index contributed by atoms with van der Waals surface area (Å²) >= 11 is 19.0. The van der Waals surface area contributed by atoms with Crippen molar-refractivity contribution in [2.75, 3.05) is 18.0 Å². The zero-order valence-electron chi connectivity index (χ0n) is 29.1. The van der Waals surface area contributed by atoms with Crippen LogP contribution in [0.5, 0.6) is 5.75 Å². The first-order chi connectivity index (χ1) is 25.3. The summed E-state index contributed by atoms with van der Waals surface area (Å²) in [6.45, 7) is 0.522. The fraction of sp³-hybridized carbons (Fsp3) is 0.316. The maximum Gasteiger partial charge on any atom is 0.273 e. The molecule has 280 valence electrons. The molecule has 53 heavy (non-hydrogen) atoms. The van der Waals surface area contributed by atoms with Gasteiger partial charge in [0.1, 0.15) is 18.3 Å². The maximum absolute atomic E-state index is 14.9. The lowest BCUT2D eigenvalue weighted by atomic mass is 9.94. The van der Waals surface area contributed by atoms with E-state index >= 15 is 0 Å². The molecule has 5 rings (SSSR count). The van der Waals surface area contributed by atoms with E-state index in [4.69, 9.17) is 39.5 Å². The van der Waals surface area contributed by atoms with Crippen LogP contribution >= 0.6 is 34.8 Å². The van der Waals surface area contributed by atoms with Crippen LogP contribution in [0.25, 0.3) is 0 Å². The number of carbonyl (C=O) groups excluding carboxylic acids is 2. The Morgan fingerprint density at radius 3 is 2.30 bits per heavy atom. The van der Waals surface area contributed by atoms with Gasteiger partial charge in [-0.1, -0.05) is 96.5 Å². The Morgan fingerprint density at radius 1 is 0.925 bits per heavy atom.